The van der Waals surface area contributed by atoms with E-state index >= 15 is 0 Å². The molecule has 0 unspecified atom stereocenters. The molecule has 4 nitrogen and oxygen atoms in total. The van der Waals surface area contributed by atoms with Crippen molar-refractivity contribution < 1.29 is 9.32 Å². The van der Waals surface area contributed by atoms with Crippen molar-refractivity contribution in [2.24, 2.45) is 0 Å². The summed E-state index contributed by atoms with van der Waals surface area (Å²) < 4.78 is 4.97. The van der Waals surface area contributed by atoms with Crippen molar-refractivity contribution in [1.82, 2.24) is 10.5 Å². The summed E-state index contributed by atoms with van der Waals surface area (Å²) in [6.07, 6.45) is 5.80. The average Bonchev–Trinajstić information content (AvgIpc) is 3.08. The number of rotatable bonds is 3. The minimum absolute atomic E-state index is 0.0888. The molecule has 0 saturated heterocycles. The van der Waals surface area contributed by atoms with Crippen LogP contribution in [0, 0.1) is 6.92 Å². The van der Waals surface area contributed by atoms with E-state index in [1.807, 2.05) is 6.07 Å². The highest BCUT2D eigenvalue weighted by molar-refractivity contribution is 7.10. The number of aromatic nitrogens is 1. The summed E-state index contributed by atoms with van der Waals surface area (Å²) in [7, 11) is 0. The van der Waals surface area contributed by atoms with Gasteiger partial charge in [-0.3, -0.25) is 4.79 Å². The van der Waals surface area contributed by atoms with Gasteiger partial charge in [0.15, 0.2) is 0 Å². The van der Waals surface area contributed by atoms with Gasteiger partial charge in [-0.1, -0.05) is 24.1 Å². The van der Waals surface area contributed by atoms with Gasteiger partial charge < -0.3 is 9.84 Å². The fourth-order valence-corrected chi connectivity index (χ4v) is 3.71. The van der Waals surface area contributed by atoms with Crippen LogP contribution < -0.4 is 5.32 Å². The van der Waals surface area contributed by atoms with Gasteiger partial charge in [-0.25, -0.2) is 0 Å². The van der Waals surface area contributed by atoms with Crippen molar-refractivity contribution in [3.05, 3.63) is 39.9 Å². The van der Waals surface area contributed by atoms with E-state index in [2.05, 4.69) is 21.9 Å². The molecule has 1 amide bonds. The van der Waals surface area contributed by atoms with Gasteiger partial charge in [-0.05, 0) is 31.2 Å². The van der Waals surface area contributed by atoms with Crippen molar-refractivity contribution in [2.45, 2.75) is 38.1 Å². The molecule has 0 spiro atoms. The summed E-state index contributed by atoms with van der Waals surface area (Å²) in [6.45, 7) is 1.76. The van der Waals surface area contributed by atoms with Crippen LogP contribution in [0.1, 0.15) is 46.7 Å². The van der Waals surface area contributed by atoms with Gasteiger partial charge in [0.1, 0.15) is 11.3 Å². The maximum Gasteiger partial charge on any atom is 0.257 e. The predicted octanol–water partition coefficient (Wildman–Crippen LogP) is 3.24. The molecule has 1 saturated carbocycles. The number of amides is 1. The minimum Gasteiger partial charge on any atom is -0.361 e. The molecule has 19 heavy (non-hydrogen) atoms. The summed E-state index contributed by atoms with van der Waals surface area (Å²) in [4.78, 5) is 13.6. The van der Waals surface area contributed by atoms with E-state index in [1.54, 1.807) is 18.3 Å². The first-order valence-corrected chi connectivity index (χ1v) is 7.37. The monoisotopic (exact) mass is 276 g/mol. The van der Waals surface area contributed by atoms with Crippen molar-refractivity contribution in [2.75, 3.05) is 0 Å². The molecule has 0 bridgehead atoms. The minimum atomic E-state index is -0.199. The number of nitrogens with zero attached hydrogens (tertiary/aromatic N) is 1. The largest absolute Gasteiger partial charge is 0.361 e. The third-order valence-corrected chi connectivity index (χ3v) is 4.87. The van der Waals surface area contributed by atoms with Crippen molar-refractivity contribution in [3.8, 4) is 0 Å². The number of hydrogen-bond donors (Lipinski definition) is 1. The van der Waals surface area contributed by atoms with Gasteiger partial charge in [0.25, 0.3) is 5.91 Å². The summed E-state index contributed by atoms with van der Waals surface area (Å²) in [5.74, 6) is 0.478. The van der Waals surface area contributed by atoms with E-state index < -0.39 is 0 Å². The van der Waals surface area contributed by atoms with E-state index in [9.17, 15) is 4.79 Å². The predicted molar refractivity (Wildman–Crippen MR) is 73.2 cm³/mol. The molecule has 1 N–H and O–H groups in total. The molecule has 0 aromatic carbocycles. The molecule has 100 valence electrons. The Bertz CT molecular complexity index is 568. The summed E-state index contributed by atoms with van der Waals surface area (Å²) in [5.41, 5.74) is 0.331. The fraction of sp³-hybridized carbons (Fsp3) is 0.429. The van der Waals surface area contributed by atoms with Gasteiger partial charge in [0.05, 0.1) is 11.7 Å². The second kappa shape index (κ2) is 4.81. The van der Waals surface area contributed by atoms with Crippen LogP contribution in [0.4, 0.5) is 0 Å². The van der Waals surface area contributed by atoms with Gasteiger partial charge >= 0.3 is 0 Å². The lowest BCUT2D eigenvalue weighted by Crippen LogP contribution is -2.43. The van der Waals surface area contributed by atoms with E-state index in [0.717, 1.165) is 25.7 Å². The first-order valence-electron chi connectivity index (χ1n) is 6.49. The zero-order chi connectivity index (χ0) is 13.3. The fourth-order valence-electron chi connectivity index (χ4n) is 2.76. The van der Waals surface area contributed by atoms with Gasteiger partial charge in [0, 0.05) is 4.88 Å². The van der Waals surface area contributed by atoms with E-state index in [0.29, 0.717) is 11.3 Å². The standard InChI is InChI=1S/C14H16N2O2S/c1-10-11(9-15-18-10)13(17)16-14(6-2-3-7-14)12-5-4-8-19-12/h4-5,8-9H,2-3,6-7H2,1H3,(H,16,17). The number of hydrogen-bond acceptors (Lipinski definition) is 4. The van der Waals surface area contributed by atoms with Gasteiger partial charge in [-0.2, -0.15) is 0 Å². The maximum absolute atomic E-state index is 12.4. The van der Waals surface area contributed by atoms with E-state index in [4.69, 9.17) is 4.52 Å². The SMILES string of the molecule is Cc1oncc1C(=O)NC1(c2cccs2)CCCC1. The first kappa shape index (κ1) is 12.4. The molecule has 1 fully saturated rings. The third kappa shape index (κ3) is 2.18. The van der Waals surface area contributed by atoms with Crippen molar-refractivity contribution in [3.63, 3.8) is 0 Å². The summed E-state index contributed by atoms with van der Waals surface area (Å²) >= 11 is 1.71. The molecule has 0 atom stereocenters. The highest BCUT2D eigenvalue weighted by Crippen LogP contribution is 2.41. The normalized spacial score (nSPS) is 17.5. The summed E-state index contributed by atoms with van der Waals surface area (Å²) in [6, 6.07) is 4.15. The maximum atomic E-state index is 12.4. The Morgan fingerprint density at radius 1 is 1.47 bits per heavy atom. The van der Waals surface area contributed by atoms with Crippen LogP contribution in [0.25, 0.3) is 0 Å². The average molecular weight is 276 g/mol. The number of thiophene rings is 1. The molecule has 5 heteroatoms. The van der Waals surface area contributed by atoms with Crippen LogP contribution in [-0.4, -0.2) is 11.1 Å². The molecular weight excluding hydrogens is 260 g/mol. The van der Waals surface area contributed by atoms with Crippen LogP contribution in [0.5, 0.6) is 0 Å². The lowest BCUT2D eigenvalue weighted by atomic mass is 9.95. The Kier molecular flexibility index (Phi) is 3.14. The lowest BCUT2D eigenvalue weighted by molar-refractivity contribution is 0.0898. The Hall–Kier alpha value is -1.62. The molecule has 1 aliphatic carbocycles. The molecule has 2 heterocycles. The topological polar surface area (TPSA) is 55.1 Å². The molecule has 1 aliphatic rings. The van der Waals surface area contributed by atoms with Crippen LogP contribution in [0.3, 0.4) is 0 Å². The Morgan fingerprint density at radius 2 is 2.26 bits per heavy atom. The number of carbonyl (C=O) groups excluding carboxylic acids is 1. The van der Waals surface area contributed by atoms with Crippen molar-refractivity contribution in [1.29, 1.82) is 0 Å². The quantitative estimate of drug-likeness (QED) is 0.936. The number of nitrogens with one attached hydrogen (secondary N) is 1. The van der Waals surface area contributed by atoms with Crippen LogP contribution >= 0.6 is 11.3 Å². The molecule has 2 aromatic heterocycles. The van der Waals surface area contributed by atoms with Gasteiger partial charge in [0.2, 0.25) is 0 Å². The number of aryl methyl sites for hydroxylation is 1. The zero-order valence-electron chi connectivity index (χ0n) is 10.8. The summed E-state index contributed by atoms with van der Waals surface area (Å²) in [5, 5.41) is 8.94. The molecule has 3 rings (SSSR count). The smallest absolute Gasteiger partial charge is 0.257 e. The molecule has 0 aliphatic heterocycles. The third-order valence-electron chi connectivity index (χ3n) is 3.80. The van der Waals surface area contributed by atoms with Crippen LogP contribution in [0.2, 0.25) is 0 Å². The first-order chi connectivity index (χ1) is 9.21. The Morgan fingerprint density at radius 3 is 2.84 bits per heavy atom. The van der Waals surface area contributed by atoms with Crippen LogP contribution in [0.15, 0.2) is 28.2 Å². The van der Waals surface area contributed by atoms with Gasteiger partial charge in [-0.15, -0.1) is 11.3 Å². The van der Waals surface area contributed by atoms with Crippen molar-refractivity contribution >= 4 is 17.2 Å². The second-order valence-electron chi connectivity index (χ2n) is 5.02. The zero-order valence-corrected chi connectivity index (χ0v) is 11.6. The Balaban J connectivity index is 1.87. The van der Waals surface area contributed by atoms with E-state index in [-0.39, 0.29) is 11.4 Å². The highest BCUT2D eigenvalue weighted by atomic mass is 32.1. The second-order valence-corrected chi connectivity index (χ2v) is 5.96. The highest BCUT2D eigenvalue weighted by Gasteiger charge is 2.38. The molecule has 2 aromatic rings. The number of carbonyl (C=O) groups is 1. The van der Waals surface area contributed by atoms with E-state index in [1.165, 1.54) is 11.1 Å². The molecular formula is C14H16N2O2S. The Labute approximate surface area is 115 Å². The van der Waals surface area contributed by atoms with Crippen LogP contribution in [-0.2, 0) is 5.54 Å². The molecule has 0 radical (unpaired) electrons. The lowest BCUT2D eigenvalue weighted by Gasteiger charge is -2.29.